The van der Waals surface area contributed by atoms with Crippen molar-refractivity contribution >= 4 is 5.91 Å². The summed E-state index contributed by atoms with van der Waals surface area (Å²) in [5.74, 6) is 0.586. The molecule has 0 saturated carbocycles. The van der Waals surface area contributed by atoms with Crippen molar-refractivity contribution in [3.8, 4) is 0 Å². The van der Waals surface area contributed by atoms with Crippen LogP contribution in [0.1, 0.15) is 25.8 Å². The third-order valence-corrected chi connectivity index (χ3v) is 2.63. The number of rotatable bonds is 6. The Labute approximate surface area is 103 Å². The molecule has 0 atom stereocenters. The molecule has 94 valence electrons. The lowest BCUT2D eigenvalue weighted by Crippen LogP contribution is -2.36. The standard InChI is InChI=1S/C13H21N3O/c1-11(2)5-8-16(13(17)9-14)10-12-3-6-15-7-4-12/h3-4,6-7,11H,5,8-10,14H2,1-2H3. The second kappa shape index (κ2) is 7.01. The molecule has 0 saturated heterocycles. The first-order valence-corrected chi connectivity index (χ1v) is 6.00. The number of nitrogens with two attached hydrogens (primary N) is 1. The van der Waals surface area contributed by atoms with Crippen molar-refractivity contribution in [1.82, 2.24) is 9.88 Å². The van der Waals surface area contributed by atoms with Gasteiger partial charge in [0.1, 0.15) is 0 Å². The molecule has 0 aromatic carbocycles. The van der Waals surface area contributed by atoms with Crippen molar-refractivity contribution in [1.29, 1.82) is 0 Å². The molecular weight excluding hydrogens is 214 g/mol. The summed E-state index contributed by atoms with van der Waals surface area (Å²) >= 11 is 0. The van der Waals surface area contributed by atoms with E-state index in [1.54, 1.807) is 12.4 Å². The van der Waals surface area contributed by atoms with E-state index in [0.29, 0.717) is 12.5 Å². The van der Waals surface area contributed by atoms with Crippen molar-refractivity contribution in [2.45, 2.75) is 26.8 Å². The summed E-state index contributed by atoms with van der Waals surface area (Å²) in [7, 11) is 0. The third-order valence-electron chi connectivity index (χ3n) is 2.63. The Bertz CT molecular complexity index is 338. The fourth-order valence-electron chi connectivity index (χ4n) is 1.54. The normalized spacial score (nSPS) is 10.6. The van der Waals surface area contributed by atoms with Gasteiger partial charge in [-0.1, -0.05) is 13.8 Å². The average molecular weight is 235 g/mol. The van der Waals surface area contributed by atoms with E-state index in [1.807, 2.05) is 17.0 Å². The smallest absolute Gasteiger partial charge is 0.236 e. The van der Waals surface area contributed by atoms with Crippen molar-refractivity contribution in [3.63, 3.8) is 0 Å². The Morgan fingerprint density at radius 2 is 2.06 bits per heavy atom. The minimum Gasteiger partial charge on any atom is -0.337 e. The molecule has 0 aliphatic carbocycles. The van der Waals surface area contributed by atoms with Crippen LogP contribution in [0.3, 0.4) is 0 Å². The predicted octanol–water partition coefficient (Wildman–Crippen LogP) is 1.41. The third kappa shape index (κ3) is 4.95. The maximum atomic E-state index is 11.7. The molecule has 0 spiro atoms. The number of pyridine rings is 1. The SMILES string of the molecule is CC(C)CCN(Cc1ccncc1)C(=O)CN. The van der Waals surface area contributed by atoms with E-state index < -0.39 is 0 Å². The highest BCUT2D eigenvalue weighted by molar-refractivity contribution is 5.77. The molecule has 1 aromatic heterocycles. The van der Waals surface area contributed by atoms with Gasteiger partial charge in [0.2, 0.25) is 5.91 Å². The fourth-order valence-corrected chi connectivity index (χ4v) is 1.54. The Morgan fingerprint density at radius 1 is 1.41 bits per heavy atom. The Hall–Kier alpha value is -1.42. The summed E-state index contributed by atoms with van der Waals surface area (Å²) in [6.45, 7) is 5.75. The van der Waals surface area contributed by atoms with Gasteiger partial charge in [0, 0.05) is 25.5 Å². The first kappa shape index (κ1) is 13.6. The van der Waals surface area contributed by atoms with E-state index in [1.165, 1.54) is 0 Å². The van der Waals surface area contributed by atoms with Gasteiger partial charge in [0.05, 0.1) is 6.54 Å². The summed E-state index contributed by atoms with van der Waals surface area (Å²) in [5, 5.41) is 0. The monoisotopic (exact) mass is 235 g/mol. The largest absolute Gasteiger partial charge is 0.337 e. The molecule has 4 nitrogen and oxygen atoms in total. The molecule has 1 heterocycles. The fraction of sp³-hybridized carbons (Fsp3) is 0.538. The summed E-state index contributed by atoms with van der Waals surface area (Å²) < 4.78 is 0. The van der Waals surface area contributed by atoms with Crippen LogP contribution in [0.2, 0.25) is 0 Å². The second-order valence-electron chi connectivity index (χ2n) is 4.56. The lowest BCUT2D eigenvalue weighted by Gasteiger charge is -2.23. The number of amides is 1. The molecule has 0 bridgehead atoms. The van der Waals surface area contributed by atoms with E-state index in [-0.39, 0.29) is 12.5 Å². The van der Waals surface area contributed by atoms with E-state index >= 15 is 0 Å². The van der Waals surface area contributed by atoms with Gasteiger partial charge in [0.25, 0.3) is 0 Å². The van der Waals surface area contributed by atoms with Crippen molar-refractivity contribution in [2.75, 3.05) is 13.1 Å². The van der Waals surface area contributed by atoms with Gasteiger partial charge in [-0.15, -0.1) is 0 Å². The highest BCUT2D eigenvalue weighted by Crippen LogP contribution is 2.07. The van der Waals surface area contributed by atoms with Crippen LogP contribution in [0.25, 0.3) is 0 Å². The number of nitrogens with zero attached hydrogens (tertiary/aromatic N) is 2. The van der Waals surface area contributed by atoms with E-state index in [4.69, 9.17) is 5.73 Å². The van der Waals surface area contributed by atoms with Crippen LogP contribution in [0.4, 0.5) is 0 Å². The number of hydrogen-bond acceptors (Lipinski definition) is 3. The van der Waals surface area contributed by atoms with Crippen molar-refractivity contribution in [2.24, 2.45) is 11.7 Å². The van der Waals surface area contributed by atoms with Gasteiger partial charge < -0.3 is 10.6 Å². The zero-order valence-electron chi connectivity index (χ0n) is 10.6. The lowest BCUT2D eigenvalue weighted by atomic mass is 10.1. The van der Waals surface area contributed by atoms with Gasteiger partial charge in [-0.25, -0.2) is 0 Å². The van der Waals surface area contributed by atoms with Gasteiger partial charge in [-0.05, 0) is 30.0 Å². The molecule has 17 heavy (non-hydrogen) atoms. The number of carbonyl (C=O) groups is 1. The summed E-state index contributed by atoms with van der Waals surface area (Å²) in [6.07, 6.45) is 4.47. The molecule has 0 unspecified atom stereocenters. The maximum Gasteiger partial charge on any atom is 0.236 e. The van der Waals surface area contributed by atoms with E-state index in [2.05, 4.69) is 18.8 Å². The van der Waals surface area contributed by atoms with Crippen LogP contribution in [0.5, 0.6) is 0 Å². The van der Waals surface area contributed by atoms with Crippen LogP contribution in [-0.2, 0) is 11.3 Å². The molecule has 0 fully saturated rings. The molecule has 4 heteroatoms. The van der Waals surface area contributed by atoms with Crippen LogP contribution in [0.15, 0.2) is 24.5 Å². The molecule has 1 rings (SSSR count). The molecule has 1 aromatic rings. The Morgan fingerprint density at radius 3 is 2.59 bits per heavy atom. The highest BCUT2D eigenvalue weighted by Gasteiger charge is 2.12. The zero-order chi connectivity index (χ0) is 12.7. The Kier molecular flexibility index (Phi) is 5.63. The van der Waals surface area contributed by atoms with Gasteiger partial charge in [0.15, 0.2) is 0 Å². The molecule has 0 radical (unpaired) electrons. The van der Waals surface area contributed by atoms with Crippen LogP contribution in [-0.4, -0.2) is 28.9 Å². The molecule has 1 amide bonds. The van der Waals surface area contributed by atoms with Crippen LogP contribution < -0.4 is 5.73 Å². The molecule has 0 aliphatic rings. The van der Waals surface area contributed by atoms with E-state index in [0.717, 1.165) is 18.5 Å². The summed E-state index contributed by atoms with van der Waals surface area (Å²) in [5.41, 5.74) is 6.52. The molecule has 2 N–H and O–H groups in total. The van der Waals surface area contributed by atoms with Gasteiger partial charge in [-0.3, -0.25) is 9.78 Å². The molecular formula is C13H21N3O. The second-order valence-corrected chi connectivity index (χ2v) is 4.56. The first-order chi connectivity index (χ1) is 8.13. The minimum absolute atomic E-state index is 0.00228. The Balaban J connectivity index is 2.60. The van der Waals surface area contributed by atoms with Crippen LogP contribution >= 0.6 is 0 Å². The topological polar surface area (TPSA) is 59.2 Å². The lowest BCUT2D eigenvalue weighted by molar-refractivity contribution is -0.130. The summed E-state index contributed by atoms with van der Waals surface area (Å²) in [4.78, 5) is 17.5. The maximum absolute atomic E-state index is 11.7. The van der Waals surface area contributed by atoms with Crippen molar-refractivity contribution in [3.05, 3.63) is 30.1 Å². The quantitative estimate of drug-likeness (QED) is 0.811. The number of aromatic nitrogens is 1. The van der Waals surface area contributed by atoms with Crippen LogP contribution in [0, 0.1) is 5.92 Å². The predicted molar refractivity (Wildman–Crippen MR) is 68.2 cm³/mol. The van der Waals surface area contributed by atoms with Gasteiger partial charge in [-0.2, -0.15) is 0 Å². The zero-order valence-corrected chi connectivity index (χ0v) is 10.6. The first-order valence-electron chi connectivity index (χ1n) is 6.00. The van der Waals surface area contributed by atoms with Crippen molar-refractivity contribution < 1.29 is 4.79 Å². The number of carbonyl (C=O) groups excluding carboxylic acids is 1. The minimum atomic E-state index is 0.00228. The van der Waals surface area contributed by atoms with Gasteiger partial charge >= 0.3 is 0 Å². The van der Waals surface area contributed by atoms with E-state index in [9.17, 15) is 4.79 Å². The highest BCUT2D eigenvalue weighted by atomic mass is 16.2. The molecule has 0 aliphatic heterocycles. The summed E-state index contributed by atoms with van der Waals surface area (Å²) in [6, 6.07) is 3.85. The number of hydrogen-bond donors (Lipinski definition) is 1. The average Bonchev–Trinajstić information content (AvgIpc) is 2.34.